The molecule has 1 aromatic heterocycles. The van der Waals surface area contributed by atoms with Gasteiger partial charge >= 0.3 is 0 Å². The van der Waals surface area contributed by atoms with Gasteiger partial charge in [-0.2, -0.15) is 0 Å². The van der Waals surface area contributed by atoms with Gasteiger partial charge < -0.3 is 5.32 Å². The Hall–Kier alpha value is -0.880. The molecule has 0 saturated heterocycles. The third kappa shape index (κ3) is 3.57. The average Bonchev–Trinajstić information content (AvgIpc) is 2.36. The van der Waals surface area contributed by atoms with Gasteiger partial charge in [0.1, 0.15) is 0 Å². The summed E-state index contributed by atoms with van der Waals surface area (Å²) in [6, 6.07) is 6.33. The van der Waals surface area contributed by atoms with E-state index in [1.807, 2.05) is 0 Å². The van der Waals surface area contributed by atoms with Crippen LogP contribution in [0.4, 0.5) is 5.69 Å². The number of carbonyl (C=O) groups is 1. The molecule has 98 valence electrons. The van der Waals surface area contributed by atoms with Crippen LogP contribution in [0.2, 0.25) is 15.3 Å². The van der Waals surface area contributed by atoms with Crippen molar-refractivity contribution < 1.29 is 4.79 Å². The molecule has 0 unspecified atom stereocenters. The summed E-state index contributed by atoms with van der Waals surface area (Å²) < 4.78 is 0.670. The lowest BCUT2D eigenvalue weighted by Crippen LogP contribution is -2.13. The Morgan fingerprint density at radius 1 is 1.16 bits per heavy atom. The average molecular weight is 381 g/mol. The number of amides is 1. The lowest BCUT2D eigenvalue weighted by atomic mass is 10.2. The van der Waals surface area contributed by atoms with Crippen molar-refractivity contribution in [1.29, 1.82) is 0 Å². The molecule has 0 spiro atoms. The second-order valence-electron chi connectivity index (χ2n) is 3.45. The molecule has 0 radical (unpaired) electrons. The summed E-state index contributed by atoms with van der Waals surface area (Å²) in [4.78, 5) is 12.0. The highest BCUT2D eigenvalue weighted by Gasteiger charge is 2.13. The Balaban J connectivity index is 2.25. The molecule has 19 heavy (non-hydrogen) atoms. The number of halogens is 4. The minimum atomic E-state index is -0.434. The van der Waals surface area contributed by atoms with E-state index in [0.29, 0.717) is 15.2 Å². The van der Waals surface area contributed by atoms with Gasteiger partial charge in [-0.15, -0.1) is 10.2 Å². The highest BCUT2D eigenvalue weighted by molar-refractivity contribution is 9.10. The molecule has 4 nitrogen and oxygen atoms in total. The summed E-state index contributed by atoms with van der Waals surface area (Å²) in [5.74, 6) is -0.434. The minimum absolute atomic E-state index is 0.0186. The molecule has 1 amide bonds. The maximum absolute atomic E-state index is 12.0. The molecule has 0 aliphatic carbocycles. The zero-order valence-corrected chi connectivity index (χ0v) is 13.0. The lowest BCUT2D eigenvalue weighted by Gasteiger charge is -2.07. The van der Waals surface area contributed by atoms with Crippen LogP contribution < -0.4 is 5.32 Å². The number of anilines is 1. The second-order valence-corrected chi connectivity index (χ2v) is 5.46. The van der Waals surface area contributed by atoms with E-state index in [4.69, 9.17) is 34.8 Å². The normalized spacial score (nSPS) is 10.3. The molecular weight excluding hydrogens is 376 g/mol. The number of benzene rings is 1. The van der Waals surface area contributed by atoms with Crippen LogP contribution in [0.3, 0.4) is 0 Å². The molecule has 8 heteroatoms. The molecule has 0 aliphatic heterocycles. The predicted octanol–water partition coefficient (Wildman–Crippen LogP) is 4.45. The van der Waals surface area contributed by atoms with Gasteiger partial charge in [-0.25, -0.2) is 0 Å². The first kappa shape index (κ1) is 14.5. The molecule has 0 bridgehead atoms. The van der Waals surface area contributed by atoms with E-state index < -0.39 is 5.91 Å². The van der Waals surface area contributed by atoms with E-state index in [1.165, 1.54) is 6.07 Å². The van der Waals surface area contributed by atoms with Crippen LogP contribution in [0.1, 0.15) is 10.4 Å². The molecule has 0 aliphatic rings. The molecule has 0 atom stereocenters. The fourth-order valence-electron chi connectivity index (χ4n) is 1.28. The lowest BCUT2D eigenvalue weighted by molar-refractivity contribution is 0.102. The fourth-order valence-corrected chi connectivity index (χ4v) is 2.11. The van der Waals surface area contributed by atoms with Crippen LogP contribution in [0.15, 0.2) is 28.7 Å². The van der Waals surface area contributed by atoms with Crippen LogP contribution in [0.5, 0.6) is 0 Å². The first-order valence-corrected chi connectivity index (χ1v) is 6.85. The number of rotatable bonds is 2. The molecule has 1 N–H and O–H groups in total. The summed E-state index contributed by atoms with van der Waals surface area (Å²) in [5.41, 5.74) is 0.706. The number of nitrogens with zero attached hydrogens (tertiary/aromatic N) is 2. The van der Waals surface area contributed by atoms with Gasteiger partial charge in [-0.1, -0.05) is 34.8 Å². The van der Waals surface area contributed by atoms with Crippen LogP contribution in [-0.4, -0.2) is 16.1 Å². The van der Waals surface area contributed by atoms with Crippen molar-refractivity contribution in [3.05, 3.63) is 49.6 Å². The zero-order chi connectivity index (χ0) is 14.0. The van der Waals surface area contributed by atoms with Crippen molar-refractivity contribution in [2.24, 2.45) is 0 Å². The monoisotopic (exact) mass is 379 g/mol. The van der Waals surface area contributed by atoms with Crippen molar-refractivity contribution in [3.63, 3.8) is 0 Å². The van der Waals surface area contributed by atoms with E-state index in [1.54, 1.807) is 18.2 Å². The summed E-state index contributed by atoms with van der Waals surface area (Å²) in [6.07, 6.45) is 0. The van der Waals surface area contributed by atoms with Crippen molar-refractivity contribution in [2.75, 3.05) is 5.32 Å². The van der Waals surface area contributed by atoms with Gasteiger partial charge in [0.05, 0.1) is 10.6 Å². The molecule has 2 aromatic rings. The van der Waals surface area contributed by atoms with E-state index >= 15 is 0 Å². The topological polar surface area (TPSA) is 54.9 Å². The standard InChI is InChI=1S/C11H5BrCl3N3O/c12-7-3-5(1-2-8(7)13)16-11(19)6-4-9(14)17-18-10(6)15/h1-4H,(H,16,19). The maximum atomic E-state index is 12.0. The predicted molar refractivity (Wildman–Crippen MR) is 79.2 cm³/mol. The van der Waals surface area contributed by atoms with Crippen LogP contribution in [0.25, 0.3) is 0 Å². The van der Waals surface area contributed by atoms with Gasteiger partial charge in [-0.05, 0) is 40.2 Å². The van der Waals surface area contributed by atoms with Crippen molar-refractivity contribution in [1.82, 2.24) is 10.2 Å². The van der Waals surface area contributed by atoms with E-state index in [9.17, 15) is 4.79 Å². The number of nitrogens with one attached hydrogen (secondary N) is 1. The molecular formula is C11H5BrCl3N3O. The van der Waals surface area contributed by atoms with Crippen molar-refractivity contribution in [3.8, 4) is 0 Å². The van der Waals surface area contributed by atoms with Gasteiger partial charge in [0.2, 0.25) is 0 Å². The van der Waals surface area contributed by atoms with Crippen LogP contribution >= 0.6 is 50.7 Å². The molecule has 1 aromatic carbocycles. The van der Waals surface area contributed by atoms with E-state index in [0.717, 1.165) is 0 Å². The number of aromatic nitrogens is 2. The Labute approximate surface area is 132 Å². The quantitative estimate of drug-likeness (QED) is 0.836. The highest BCUT2D eigenvalue weighted by atomic mass is 79.9. The van der Waals surface area contributed by atoms with Gasteiger partial charge in [0.15, 0.2) is 10.3 Å². The van der Waals surface area contributed by atoms with Gasteiger partial charge in [0.25, 0.3) is 5.91 Å². The number of hydrogen-bond acceptors (Lipinski definition) is 3. The zero-order valence-electron chi connectivity index (χ0n) is 9.12. The number of carbonyl (C=O) groups excluding carboxylic acids is 1. The minimum Gasteiger partial charge on any atom is -0.322 e. The summed E-state index contributed by atoms with van der Waals surface area (Å²) in [5, 5.41) is 10.4. The first-order chi connectivity index (χ1) is 8.97. The SMILES string of the molecule is O=C(Nc1ccc(Cl)c(Br)c1)c1cc(Cl)nnc1Cl. The smallest absolute Gasteiger partial charge is 0.258 e. The van der Waals surface area contributed by atoms with E-state index in [2.05, 4.69) is 31.4 Å². The van der Waals surface area contributed by atoms with Crippen molar-refractivity contribution >= 4 is 62.3 Å². The van der Waals surface area contributed by atoms with Crippen LogP contribution in [0, 0.1) is 0 Å². The Morgan fingerprint density at radius 3 is 2.58 bits per heavy atom. The van der Waals surface area contributed by atoms with Gasteiger partial charge in [-0.3, -0.25) is 4.79 Å². The Morgan fingerprint density at radius 2 is 1.89 bits per heavy atom. The molecule has 0 saturated carbocycles. The third-order valence-corrected chi connectivity index (χ3v) is 3.82. The molecule has 2 rings (SSSR count). The summed E-state index contributed by atoms with van der Waals surface area (Å²) in [6.45, 7) is 0. The first-order valence-electron chi connectivity index (χ1n) is 4.92. The second kappa shape index (κ2) is 6.05. The highest BCUT2D eigenvalue weighted by Crippen LogP contribution is 2.26. The largest absolute Gasteiger partial charge is 0.322 e. The summed E-state index contributed by atoms with van der Waals surface area (Å²) in [7, 11) is 0. The molecule has 0 fully saturated rings. The number of hydrogen-bond donors (Lipinski definition) is 1. The Bertz CT molecular complexity index is 651. The summed E-state index contributed by atoms with van der Waals surface area (Å²) >= 11 is 20.6. The van der Waals surface area contributed by atoms with Crippen LogP contribution in [-0.2, 0) is 0 Å². The fraction of sp³-hybridized carbons (Fsp3) is 0. The maximum Gasteiger partial charge on any atom is 0.258 e. The van der Waals surface area contributed by atoms with Crippen molar-refractivity contribution in [2.45, 2.75) is 0 Å². The Kier molecular flexibility index (Phi) is 4.62. The van der Waals surface area contributed by atoms with E-state index in [-0.39, 0.29) is 15.9 Å². The van der Waals surface area contributed by atoms with Gasteiger partial charge in [0, 0.05) is 10.2 Å². The molecule has 1 heterocycles. The third-order valence-electron chi connectivity index (χ3n) is 2.14.